The van der Waals surface area contributed by atoms with Gasteiger partial charge in [-0.1, -0.05) is 81.1 Å². The van der Waals surface area contributed by atoms with Crippen LogP contribution in [-0.4, -0.2) is 122 Å². The van der Waals surface area contributed by atoms with Crippen LogP contribution in [-0.2, 0) is 38.4 Å². The number of hydrogen-bond donors (Lipinski definition) is 13. The first-order chi connectivity index (χ1) is 32.7. The molecule has 0 spiro atoms. The number of nitrogens with one attached hydrogen (secondary N) is 7. The zero-order valence-electron chi connectivity index (χ0n) is 43.3. The lowest BCUT2D eigenvalue weighted by Gasteiger charge is -2.31. The predicted octanol–water partition coefficient (Wildman–Crippen LogP) is -0.107. The quantitative estimate of drug-likeness (QED) is 0.0358. The summed E-state index contributed by atoms with van der Waals surface area (Å²) in [7, 11) is 0. The summed E-state index contributed by atoms with van der Waals surface area (Å²) in [4.78, 5) is 110. The van der Waals surface area contributed by atoms with Crippen LogP contribution in [0.1, 0.15) is 158 Å². The van der Waals surface area contributed by atoms with E-state index in [1.165, 1.54) is 0 Å². The highest BCUT2D eigenvalue weighted by Crippen LogP contribution is 2.16. The van der Waals surface area contributed by atoms with Crippen molar-refractivity contribution in [2.24, 2.45) is 58.1 Å². The monoisotopic (exact) mass is 982 g/mol. The normalized spacial score (nSPS) is 16.6. The molecule has 12 atom stereocenters. The van der Waals surface area contributed by atoms with E-state index in [9.17, 15) is 38.4 Å². The van der Waals surface area contributed by atoms with E-state index in [0.29, 0.717) is 103 Å². The number of primary amides is 1. The van der Waals surface area contributed by atoms with E-state index < -0.39 is 107 Å². The minimum Gasteiger partial charge on any atom is -0.368 e. The van der Waals surface area contributed by atoms with Crippen molar-refractivity contribution in [1.29, 1.82) is 0 Å². The molecule has 0 aliphatic rings. The van der Waals surface area contributed by atoms with E-state index in [1.807, 2.05) is 41.5 Å². The number of hydrogen-bond acceptors (Lipinski definition) is 13. The molecule has 21 heteroatoms. The summed E-state index contributed by atoms with van der Waals surface area (Å²) in [6, 6.07) is -8.46. The molecule has 21 nitrogen and oxygen atoms in total. The summed E-state index contributed by atoms with van der Waals surface area (Å²) in [5.74, 6) is -6.28. The molecular weight excluding hydrogens is 887 g/mol. The van der Waals surface area contributed by atoms with Crippen LogP contribution < -0.4 is 71.6 Å². The molecule has 0 aliphatic carbocycles. The minimum atomic E-state index is -1.16. The Bertz CT molecular complexity index is 1560. The molecule has 69 heavy (non-hydrogen) atoms. The summed E-state index contributed by atoms with van der Waals surface area (Å²) < 4.78 is 0. The highest BCUT2D eigenvalue weighted by atomic mass is 16.2. The third kappa shape index (κ3) is 24.3. The molecule has 0 unspecified atom stereocenters. The molecule has 400 valence electrons. The molecule has 0 aliphatic heterocycles. The van der Waals surface area contributed by atoms with Gasteiger partial charge in [0.15, 0.2) is 0 Å². The van der Waals surface area contributed by atoms with Crippen molar-refractivity contribution in [2.45, 2.75) is 206 Å². The lowest BCUT2D eigenvalue weighted by Crippen LogP contribution is -2.62. The molecule has 8 amide bonds. The average Bonchev–Trinajstić information content (AvgIpc) is 3.33. The molecule has 0 aromatic carbocycles. The number of unbranched alkanes of at least 4 members (excludes halogenated alkanes) is 4. The summed E-state index contributed by atoms with van der Waals surface area (Å²) in [6.45, 7) is 16.2. The second-order valence-corrected chi connectivity index (χ2v) is 18.8. The fourth-order valence-electron chi connectivity index (χ4n) is 7.50. The number of rotatable bonds is 39. The lowest BCUT2D eigenvalue weighted by molar-refractivity contribution is -0.137. The highest BCUT2D eigenvalue weighted by molar-refractivity contribution is 5.98. The Hall–Kier alpha value is -4.44. The summed E-state index contributed by atoms with van der Waals surface area (Å²) >= 11 is 0. The molecule has 0 saturated carbocycles. The van der Waals surface area contributed by atoms with Crippen LogP contribution >= 0.6 is 0 Å². The zero-order chi connectivity index (χ0) is 52.6. The number of nitrogens with two attached hydrogens (primary N) is 6. The van der Waals surface area contributed by atoms with Crippen LogP contribution in [0.15, 0.2) is 0 Å². The van der Waals surface area contributed by atoms with E-state index in [2.05, 4.69) is 37.2 Å². The van der Waals surface area contributed by atoms with Crippen molar-refractivity contribution in [1.82, 2.24) is 37.2 Å². The van der Waals surface area contributed by atoms with Gasteiger partial charge in [-0.25, -0.2) is 0 Å². The Morgan fingerprint density at radius 2 is 0.594 bits per heavy atom. The van der Waals surface area contributed by atoms with Gasteiger partial charge < -0.3 is 71.6 Å². The summed E-state index contributed by atoms with van der Waals surface area (Å²) in [5, 5.41) is 19.6. The van der Waals surface area contributed by atoms with Gasteiger partial charge in [0, 0.05) is 0 Å². The van der Waals surface area contributed by atoms with Crippen LogP contribution in [0.2, 0.25) is 0 Å². The average molecular weight is 982 g/mol. The van der Waals surface area contributed by atoms with E-state index in [0.717, 1.165) is 0 Å². The fourth-order valence-corrected chi connectivity index (χ4v) is 7.50. The van der Waals surface area contributed by atoms with Gasteiger partial charge >= 0.3 is 0 Å². The van der Waals surface area contributed by atoms with Gasteiger partial charge in [0.2, 0.25) is 47.3 Å². The van der Waals surface area contributed by atoms with E-state index in [1.54, 1.807) is 13.8 Å². The molecule has 0 radical (unpaired) electrons. The fraction of sp³-hybridized carbons (Fsp3) is 0.833. The Balaban J connectivity index is 6.71. The smallest absolute Gasteiger partial charge is 0.243 e. The molecular formula is C48H95N13O8. The van der Waals surface area contributed by atoms with Gasteiger partial charge in [0.1, 0.15) is 42.3 Å². The largest absolute Gasteiger partial charge is 0.368 e. The van der Waals surface area contributed by atoms with Crippen LogP contribution in [0.5, 0.6) is 0 Å². The molecule has 0 aromatic rings. The first kappa shape index (κ1) is 64.6. The molecule has 0 aromatic heterocycles. The van der Waals surface area contributed by atoms with E-state index in [4.69, 9.17) is 34.4 Å². The molecule has 0 saturated heterocycles. The Morgan fingerprint density at radius 3 is 0.899 bits per heavy atom. The number of carbonyl (C=O) groups is 8. The van der Waals surface area contributed by atoms with Crippen molar-refractivity contribution in [3.63, 3.8) is 0 Å². The third-order valence-electron chi connectivity index (χ3n) is 13.3. The second kappa shape index (κ2) is 36.5. The highest BCUT2D eigenvalue weighted by Gasteiger charge is 2.37. The van der Waals surface area contributed by atoms with Crippen molar-refractivity contribution in [3.8, 4) is 0 Å². The standard InChI is InChI=1S/C48H95N13O8/c1-9-29(5)37(53)45(66)60-38(30(6)10-2)46(67)58-35(23-15-19-27-51)43(64)56-36(24-16-20-28-52)44(65)59-40(32(8)12-4)48(69)61-39(31(7)11-3)47(68)57-34(22-14-18-26-50)42(63)55-33(41(54)62)21-13-17-25-49/h29-40H,9-28,49-53H2,1-8H3,(H2,54,62)(H,55,63)(H,56,64)(H,57,68)(H,58,67)(H,59,65)(H,60,66)(H,61,69)/t29-,30-,31-,32-,33-,34-,35-,36-,37-,38-,39-,40-/m0/s1. The summed E-state index contributed by atoms with van der Waals surface area (Å²) in [6.07, 6.45) is 7.18. The van der Waals surface area contributed by atoms with Crippen LogP contribution in [0.4, 0.5) is 0 Å². The molecule has 0 bridgehead atoms. The molecule has 0 rings (SSSR count). The van der Waals surface area contributed by atoms with Crippen molar-refractivity contribution in [3.05, 3.63) is 0 Å². The maximum atomic E-state index is 14.3. The number of carbonyl (C=O) groups excluding carboxylic acids is 8. The second-order valence-electron chi connectivity index (χ2n) is 18.8. The van der Waals surface area contributed by atoms with Gasteiger partial charge in [0.25, 0.3) is 0 Å². The molecule has 0 heterocycles. The Kier molecular flexibility index (Phi) is 34.1. The van der Waals surface area contributed by atoms with Crippen LogP contribution in [0, 0.1) is 23.7 Å². The number of amides is 8. The van der Waals surface area contributed by atoms with Gasteiger partial charge in [-0.15, -0.1) is 0 Å². The van der Waals surface area contributed by atoms with Gasteiger partial charge in [-0.3, -0.25) is 38.4 Å². The lowest BCUT2D eigenvalue weighted by atomic mass is 9.94. The zero-order valence-corrected chi connectivity index (χ0v) is 43.3. The van der Waals surface area contributed by atoms with E-state index >= 15 is 0 Å². The maximum absolute atomic E-state index is 14.3. The predicted molar refractivity (Wildman–Crippen MR) is 270 cm³/mol. The van der Waals surface area contributed by atoms with Crippen LogP contribution in [0.25, 0.3) is 0 Å². The SMILES string of the molecule is CC[C@H](C)[C@H](N)C(=O)N[C@H](C(=O)N[C@@H](CCCCN)C(=O)N[C@@H](CCCCN)C(=O)N[C@H](C(=O)N[C@H](C(=O)N[C@@H](CCCCN)C(=O)N[C@@H](CCCCN)C(N)=O)[C@@H](C)CC)[C@@H](C)CC)[C@@H](C)CC. The van der Waals surface area contributed by atoms with Gasteiger partial charge in [0.05, 0.1) is 6.04 Å². The van der Waals surface area contributed by atoms with Crippen LogP contribution in [0.3, 0.4) is 0 Å². The topological polar surface area (TPSA) is 377 Å². The maximum Gasteiger partial charge on any atom is 0.243 e. The van der Waals surface area contributed by atoms with Crippen molar-refractivity contribution >= 4 is 47.3 Å². The first-order valence-corrected chi connectivity index (χ1v) is 25.7. The van der Waals surface area contributed by atoms with Crippen molar-refractivity contribution in [2.75, 3.05) is 26.2 Å². The first-order valence-electron chi connectivity index (χ1n) is 25.7. The minimum absolute atomic E-state index is 0.133. The van der Waals surface area contributed by atoms with Gasteiger partial charge in [-0.05, 0) is 127 Å². The molecule has 0 fully saturated rings. The van der Waals surface area contributed by atoms with E-state index in [-0.39, 0.29) is 37.5 Å². The van der Waals surface area contributed by atoms with Gasteiger partial charge in [-0.2, -0.15) is 0 Å². The third-order valence-corrected chi connectivity index (χ3v) is 13.3. The Labute approximate surface area is 412 Å². The summed E-state index contributed by atoms with van der Waals surface area (Å²) in [5.41, 5.74) is 34.7. The Morgan fingerprint density at radius 1 is 0.348 bits per heavy atom. The van der Waals surface area contributed by atoms with Crippen molar-refractivity contribution < 1.29 is 38.4 Å². The molecule has 19 N–H and O–H groups in total.